The zero-order chi connectivity index (χ0) is 14.6. The van der Waals surface area contributed by atoms with Gasteiger partial charge in [-0.05, 0) is 57.7 Å². The van der Waals surface area contributed by atoms with Crippen LogP contribution in [0.5, 0.6) is 0 Å². The molecule has 0 spiro atoms. The molecule has 1 aliphatic heterocycles. The molecule has 2 heteroatoms. The second-order valence-electron chi connectivity index (χ2n) is 6.81. The molecule has 0 bridgehead atoms. The highest BCUT2D eigenvalue weighted by Gasteiger charge is 2.21. The van der Waals surface area contributed by atoms with Gasteiger partial charge >= 0.3 is 0 Å². The fourth-order valence-electron chi connectivity index (χ4n) is 2.78. The number of nitrogens with zero attached hydrogens (tertiary/aromatic N) is 1. The number of benzene rings is 1. The molecular formula is C18H30N2. The van der Waals surface area contributed by atoms with E-state index in [2.05, 4.69) is 62.2 Å². The van der Waals surface area contributed by atoms with Crippen LogP contribution in [-0.4, -0.2) is 29.6 Å². The Balaban J connectivity index is 1.96. The molecule has 1 aromatic carbocycles. The molecule has 0 amide bonds. The molecule has 1 unspecified atom stereocenters. The van der Waals surface area contributed by atoms with E-state index in [0.29, 0.717) is 6.04 Å². The molecule has 1 aromatic rings. The summed E-state index contributed by atoms with van der Waals surface area (Å²) in [5.74, 6) is 0. The molecule has 0 saturated heterocycles. The largest absolute Gasteiger partial charge is 0.310 e. The minimum Gasteiger partial charge on any atom is -0.310 e. The average Bonchev–Trinajstić information content (AvgIpc) is 2.67. The average molecular weight is 274 g/mol. The molecule has 0 aliphatic carbocycles. The summed E-state index contributed by atoms with van der Waals surface area (Å²) in [5, 5.41) is 3.71. The van der Waals surface area contributed by atoms with Gasteiger partial charge in [0.05, 0.1) is 0 Å². The number of aryl methyl sites for hydroxylation is 1. The fourth-order valence-corrected chi connectivity index (χ4v) is 2.78. The summed E-state index contributed by atoms with van der Waals surface area (Å²) in [4.78, 5) is 2.63. The highest BCUT2D eigenvalue weighted by Crippen LogP contribution is 2.20. The molecule has 0 aromatic heterocycles. The Labute approximate surface area is 124 Å². The molecule has 2 rings (SSSR count). The summed E-state index contributed by atoms with van der Waals surface area (Å²) in [7, 11) is 0. The quantitative estimate of drug-likeness (QED) is 0.882. The van der Waals surface area contributed by atoms with E-state index in [1.807, 2.05) is 0 Å². The van der Waals surface area contributed by atoms with Crippen molar-refractivity contribution in [2.45, 2.75) is 65.1 Å². The Morgan fingerprint density at radius 3 is 2.65 bits per heavy atom. The normalized spacial score (nSPS) is 18.4. The van der Waals surface area contributed by atoms with Crippen LogP contribution in [0, 0.1) is 0 Å². The number of fused-ring (bicyclic) bond motifs is 1. The van der Waals surface area contributed by atoms with Crippen molar-refractivity contribution in [3.05, 3.63) is 35.4 Å². The lowest BCUT2D eigenvalue weighted by Crippen LogP contribution is -2.47. The van der Waals surface area contributed by atoms with Gasteiger partial charge in [-0.25, -0.2) is 0 Å². The first-order valence-electron chi connectivity index (χ1n) is 8.07. The van der Waals surface area contributed by atoms with Crippen molar-refractivity contribution in [2.75, 3.05) is 13.1 Å². The molecule has 0 radical (unpaired) electrons. The van der Waals surface area contributed by atoms with E-state index in [1.54, 1.807) is 5.56 Å². The smallest absolute Gasteiger partial charge is 0.0239 e. The molecule has 1 N–H and O–H groups in total. The third kappa shape index (κ3) is 4.07. The zero-order valence-electron chi connectivity index (χ0n) is 13.6. The maximum Gasteiger partial charge on any atom is 0.0239 e. The van der Waals surface area contributed by atoms with Crippen LogP contribution in [0.15, 0.2) is 24.3 Å². The SMILES string of the molecule is CCC(C)(C)NCC(C)N1CCCc2ccccc2C1. The second kappa shape index (κ2) is 6.73. The van der Waals surface area contributed by atoms with Crippen molar-refractivity contribution in [1.29, 1.82) is 0 Å². The lowest BCUT2D eigenvalue weighted by molar-refractivity contribution is 0.186. The van der Waals surface area contributed by atoms with Gasteiger partial charge in [-0.3, -0.25) is 4.90 Å². The topological polar surface area (TPSA) is 15.3 Å². The highest BCUT2D eigenvalue weighted by atomic mass is 15.2. The van der Waals surface area contributed by atoms with Crippen molar-refractivity contribution >= 4 is 0 Å². The predicted molar refractivity (Wildman–Crippen MR) is 87.0 cm³/mol. The Morgan fingerprint density at radius 2 is 1.95 bits per heavy atom. The number of nitrogens with one attached hydrogen (secondary N) is 1. The third-order valence-corrected chi connectivity index (χ3v) is 4.77. The summed E-state index contributed by atoms with van der Waals surface area (Å²) in [6.07, 6.45) is 3.67. The van der Waals surface area contributed by atoms with Gasteiger partial charge in [0.15, 0.2) is 0 Å². The molecule has 0 saturated carbocycles. The highest BCUT2D eigenvalue weighted by molar-refractivity contribution is 5.28. The van der Waals surface area contributed by atoms with Crippen LogP contribution < -0.4 is 5.32 Å². The summed E-state index contributed by atoms with van der Waals surface area (Å²) in [6.45, 7) is 12.6. The van der Waals surface area contributed by atoms with E-state index < -0.39 is 0 Å². The van der Waals surface area contributed by atoms with Crippen LogP contribution in [0.1, 0.15) is 51.7 Å². The molecule has 0 fully saturated rings. The van der Waals surface area contributed by atoms with Gasteiger partial charge in [0.25, 0.3) is 0 Å². The van der Waals surface area contributed by atoms with Gasteiger partial charge in [-0.15, -0.1) is 0 Å². The number of hydrogen-bond donors (Lipinski definition) is 1. The molecule has 112 valence electrons. The first-order valence-corrected chi connectivity index (χ1v) is 8.07. The lowest BCUT2D eigenvalue weighted by Gasteiger charge is -2.32. The Morgan fingerprint density at radius 1 is 1.25 bits per heavy atom. The molecule has 1 heterocycles. The number of hydrogen-bond acceptors (Lipinski definition) is 2. The number of rotatable bonds is 5. The predicted octanol–water partition coefficient (Wildman–Crippen LogP) is 3.60. The molecule has 2 nitrogen and oxygen atoms in total. The monoisotopic (exact) mass is 274 g/mol. The molecule has 20 heavy (non-hydrogen) atoms. The lowest BCUT2D eigenvalue weighted by atomic mass is 10.0. The maximum atomic E-state index is 3.71. The van der Waals surface area contributed by atoms with E-state index in [4.69, 9.17) is 0 Å². The third-order valence-electron chi connectivity index (χ3n) is 4.77. The summed E-state index contributed by atoms with van der Waals surface area (Å²) in [6, 6.07) is 9.52. The fraction of sp³-hybridized carbons (Fsp3) is 0.667. The Hall–Kier alpha value is -0.860. The standard InChI is InChI=1S/C18H30N2/c1-5-18(3,4)19-13-15(2)20-12-8-11-16-9-6-7-10-17(16)14-20/h6-7,9-10,15,19H,5,8,11-14H2,1-4H3. The van der Waals surface area contributed by atoms with Crippen LogP contribution in [0.25, 0.3) is 0 Å². The first kappa shape index (κ1) is 15.5. The molecule has 1 aliphatic rings. The molecular weight excluding hydrogens is 244 g/mol. The summed E-state index contributed by atoms with van der Waals surface area (Å²) >= 11 is 0. The van der Waals surface area contributed by atoms with Crippen LogP contribution in [0.2, 0.25) is 0 Å². The van der Waals surface area contributed by atoms with Crippen molar-refractivity contribution < 1.29 is 0 Å². The van der Waals surface area contributed by atoms with E-state index in [9.17, 15) is 0 Å². The van der Waals surface area contributed by atoms with Crippen LogP contribution >= 0.6 is 0 Å². The van der Waals surface area contributed by atoms with Crippen molar-refractivity contribution in [3.63, 3.8) is 0 Å². The van der Waals surface area contributed by atoms with Crippen molar-refractivity contribution in [3.8, 4) is 0 Å². The molecule has 1 atom stereocenters. The van der Waals surface area contributed by atoms with Crippen molar-refractivity contribution in [1.82, 2.24) is 10.2 Å². The van der Waals surface area contributed by atoms with E-state index in [-0.39, 0.29) is 5.54 Å². The zero-order valence-corrected chi connectivity index (χ0v) is 13.6. The maximum absolute atomic E-state index is 3.71. The second-order valence-corrected chi connectivity index (χ2v) is 6.81. The van der Waals surface area contributed by atoms with E-state index in [1.165, 1.54) is 31.4 Å². The minimum atomic E-state index is 0.248. The van der Waals surface area contributed by atoms with E-state index in [0.717, 1.165) is 13.1 Å². The van der Waals surface area contributed by atoms with E-state index >= 15 is 0 Å². The minimum absolute atomic E-state index is 0.248. The Kier molecular flexibility index (Phi) is 5.22. The summed E-state index contributed by atoms with van der Waals surface area (Å²) < 4.78 is 0. The van der Waals surface area contributed by atoms with Gasteiger partial charge in [0.1, 0.15) is 0 Å². The van der Waals surface area contributed by atoms with Crippen molar-refractivity contribution in [2.24, 2.45) is 0 Å². The van der Waals surface area contributed by atoms with Crippen LogP contribution in [0.4, 0.5) is 0 Å². The van der Waals surface area contributed by atoms with Crippen LogP contribution in [-0.2, 0) is 13.0 Å². The first-order chi connectivity index (χ1) is 9.52. The van der Waals surface area contributed by atoms with Gasteiger partial charge in [0.2, 0.25) is 0 Å². The van der Waals surface area contributed by atoms with Crippen LogP contribution in [0.3, 0.4) is 0 Å². The van der Waals surface area contributed by atoms with Gasteiger partial charge in [0, 0.05) is 24.7 Å². The van der Waals surface area contributed by atoms with Gasteiger partial charge in [-0.2, -0.15) is 0 Å². The van der Waals surface area contributed by atoms with Gasteiger partial charge < -0.3 is 5.32 Å². The summed E-state index contributed by atoms with van der Waals surface area (Å²) in [5.41, 5.74) is 3.31. The Bertz CT molecular complexity index is 425. The van der Waals surface area contributed by atoms with Gasteiger partial charge in [-0.1, -0.05) is 31.2 Å².